The molecule has 10 nitrogen and oxygen atoms in total. The number of halogens is 2. The highest BCUT2D eigenvalue weighted by molar-refractivity contribution is 7.92. The summed E-state index contributed by atoms with van der Waals surface area (Å²) in [5.41, 5.74) is -0.744. The molecule has 0 spiro atoms. The number of nitrogens with one attached hydrogen (secondary N) is 1. The molecule has 0 aliphatic heterocycles. The van der Waals surface area contributed by atoms with E-state index in [1.165, 1.54) is 18.2 Å². The van der Waals surface area contributed by atoms with E-state index >= 15 is 0 Å². The van der Waals surface area contributed by atoms with Crippen molar-refractivity contribution in [3.63, 3.8) is 0 Å². The lowest BCUT2D eigenvalue weighted by Gasteiger charge is -2.09. The molecule has 0 unspecified atom stereocenters. The van der Waals surface area contributed by atoms with Crippen LogP contribution >= 0.6 is 11.6 Å². The number of carboxylic acid groups (broad SMARTS) is 1. The minimum absolute atomic E-state index is 0.0916. The van der Waals surface area contributed by atoms with Crippen LogP contribution in [0.2, 0.25) is 5.02 Å². The van der Waals surface area contributed by atoms with E-state index in [1.807, 2.05) is 4.72 Å². The maximum atomic E-state index is 14.1. The molecule has 0 saturated carbocycles. The molecule has 142 valence electrons. The number of ether oxygens (including phenoxy) is 1. The summed E-state index contributed by atoms with van der Waals surface area (Å²) >= 11 is 5.90. The molecular formula is C14H11ClFN5O5S. The van der Waals surface area contributed by atoms with Gasteiger partial charge in [0.1, 0.15) is 0 Å². The first-order chi connectivity index (χ1) is 12.7. The number of hydrogen-bond acceptors (Lipinski definition) is 7. The molecule has 27 heavy (non-hydrogen) atoms. The first-order valence-electron chi connectivity index (χ1n) is 7.33. The Hall–Kier alpha value is -2.99. The molecule has 0 radical (unpaired) electrons. The summed E-state index contributed by atoms with van der Waals surface area (Å²) in [5.74, 6) is -2.78. The minimum Gasteiger partial charge on any atom is -0.478 e. The number of aromatic carboxylic acids is 1. The van der Waals surface area contributed by atoms with Gasteiger partial charge in [0, 0.05) is 0 Å². The Morgan fingerprint density at radius 2 is 2.15 bits per heavy atom. The monoisotopic (exact) mass is 415 g/mol. The third-order valence-electron chi connectivity index (χ3n) is 3.24. The normalized spacial score (nSPS) is 11.5. The number of nitrogens with zero attached hydrogens (tertiary/aromatic N) is 4. The number of para-hydroxylation sites is 1. The van der Waals surface area contributed by atoms with Crippen molar-refractivity contribution in [3.8, 4) is 5.88 Å². The van der Waals surface area contributed by atoms with E-state index in [0.29, 0.717) is 4.52 Å². The van der Waals surface area contributed by atoms with Gasteiger partial charge in [-0.05, 0) is 19.1 Å². The fourth-order valence-electron chi connectivity index (χ4n) is 2.12. The van der Waals surface area contributed by atoms with E-state index in [0.717, 1.165) is 6.07 Å². The molecule has 0 saturated heterocycles. The van der Waals surface area contributed by atoms with E-state index in [-0.39, 0.29) is 34.5 Å². The van der Waals surface area contributed by atoms with Gasteiger partial charge in [-0.3, -0.25) is 4.72 Å². The Morgan fingerprint density at radius 3 is 2.81 bits per heavy atom. The Labute approximate surface area is 156 Å². The van der Waals surface area contributed by atoms with Crippen LogP contribution in [0.1, 0.15) is 17.3 Å². The van der Waals surface area contributed by atoms with E-state index in [2.05, 4.69) is 15.1 Å². The summed E-state index contributed by atoms with van der Waals surface area (Å²) in [7, 11) is -4.48. The number of anilines is 1. The highest BCUT2D eigenvalue weighted by Gasteiger charge is 2.26. The molecule has 2 heterocycles. The van der Waals surface area contributed by atoms with Gasteiger partial charge < -0.3 is 9.84 Å². The summed E-state index contributed by atoms with van der Waals surface area (Å²) in [6.07, 6.45) is 0. The van der Waals surface area contributed by atoms with Crippen molar-refractivity contribution in [1.82, 2.24) is 19.6 Å². The molecule has 0 amide bonds. The number of benzene rings is 1. The standard InChI is InChI=1S/C14H11ClFN5O5S/c1-2-26-10-6-9(16)21-13(17-10)18-14(19-21)27(24,25)20-11-7(12(22)23)4-3-5-8(11)15/h3-6,20H,2H2,1H3,(H,22,23). The second-order valence-electron chi connectivity index (χ2n) is 5.03. The molecule has 0 aliphatic carbocycles. The van der Waals surface area contributed by atoms with Crippen molar-refractivity contribution in [2.45, 2.75) is 12.1 Å². The van der Waals surface area contributed by atoms with Gasteiger partial charge in [0.15, 0.2) is 0 Å². The second kappa shape index (κ2) is 6.96. The van der Waals surface area contributed by atoms with Gasteiger partial charge in [0.05, 0.1) is 28.9 Å². The maximum absolute atomic E-state index is 14.1. The van der Waals surface area contributed by atoms with Crippen molar-refractivity contribution in [1.29, 1.82) is 0 Å². The minimum atomic E-state index is -4.48. The average molecular weight is 416 g/mol. The van der Waals surface area contributed by atoms with Crippen LogP contribution in [-0.2, 0) is 10.0 Å². The van der Waals surface area contributed by atoms with Crippen LogP contribution in [0.25, 0.3) is 5.78 Å². The molecule has 3 rings (SSSR count). The molecule has 0 aliphatic rings. The number of aromatic nitrogens is 4. The lowest BCUT2D eigenvalue weighted by Crippen LogP contribution is -2.17. The highest BCUT2D eigenvalue weighted by Crippen LogP contribution is 2.28. The predicted octanol–water partition coefficient (Wildman–Crippen LogP) is 1.81. The zero-order valence-corrected chi connectivity index (χ0v) is 15.1. The van der Waals surface area contributed by atoms with Crippen LogP contribution in [0, 0.1) is 5.95 Å². The first kappa shape index (κ1) is 18.8. The fraction of sp³-hybridized carbons (Fsp3) is 0.143. The van der Waals surface area contributed by atoms with Crippen LogP contribution in [-0.4, -0.2) is 45.7 Å². The van der Waals surface area contributed by atoms with E-state index in [4.69, 9.17) is 16.3 Å². The maximum Gasteiger partial charge on any atom is 0.337 e. The molecule has 0 fully saturated rings. The molecule has 0 atom stereocenters. The highest BCUT2D eigenvalue weighted by atomic mass is 35.5. The third kappa shape index (κ3) is 3.61. The third-order valence-corrected chi connectivity index (χ3v) is 4.68. The molecule has 0 bridgehead atoms. The van der Waals surface area contributed by atoms with Crippen molar-refractivity contribution < 1.29 is 27.4 Å². The van der Waals surface area contributed by atoms with Gasteiger partial charge >= 0.3 is 5.97 Å². The predicted molar refractivity (Wildman–Crippen MR) is 91.1 cm³/mol. The van der Waals surface area contributed by atoms with Crippen LogP contribution in [0.3, 0.4) is 0 Å². The summed E-state index contributed by atoms with van der Waals surface area (Å²) in [6.45, 7) is 1.88. The largest absolute Gasteiger partial charge is 0.478 e. The Kier molecular flexibility index (Phi) is 4.85. The summed E-state index contributed by atoms with van der Waals surface area (Å²) in [4.78, 5) is 18.8. The number of carbonyl (C=O) groups is 1. The molecule has 2 aromatic heterocycles. The Bertz CT molecular complexity index is 1150. The summed E-state index contributed by atoms with van der Waals surface area (Å²) in [6, 6.07) is 4.74. The van der Waals surface area contributed by atoms with Crippen molar-refractivity contribution in [3.05, 3.63) is 40.8 Å². The molecular weight excluding hydrogens is 405 g/mol. The van der Waals surface area contributed by atoms with Gasteiger partial charge in [0.25, 0.3) is 21.0 Å². The molecule has 2 N–H and O–H groups in total. The van der Waals surface area contributed by atoms with Gasteiger partial charge in [-0.1, -0.05) is 17.7 Å². The van der Waals surface area contributed by atoms with Crippen molar-refractivity contribution >= 4 is 39.1 Å². The SMILES string of the molecule is CCOc1cc(F)n2nc(S(=O)(=O)Nc3c(Cl)cccc3C(=O)O)nc2n1. The quantitative estimate of drug-likeness (QED) is 0.582. The number of hydrogen-bond donors (Lipinski definition) is 2. The van der Waals surface area contributed by atoms with Crippen LogP contribution in [0.15, 0.2) is 29.4 Å². The van der Waals surface area contributed by atoms with Crippen molar-refractivity contribution in [2.24, 2.45) is 0 Å². The van der Waals surface area contributed by atoms with Crippen LogP contribution < -0.4 is 9.46 Å². The zero-order chi connectivity index (χ0) is 19.8. The number of rotatable bonds is 6. The number of carboxylic acids is 1. The van der Waals surface area contributed by atoms with Gasteiger partial charge in [-0.2, -0.15) is 27.3 Å². The van der Waals surface area contributed by atoms with E-state index in [9.17, 15) is 22.7 Å². The van der Waals surface area contributed by atoms with Crippen LogP contribution in [0.4, 0.5) is 10.1 Å². The molecule has 13 heteroatoms. The lowest BCUT2D eigenvalue weighted by atomic mass is 10.2. The average Bonchev–Trinajstić information content (AvgIpc) is 3.02. The fourth-order valence-corrected chi connectivity index (χ4v) is 3.37. The van der Waals surface area contributed by atoms with E-state index < -0.39 is 27.1 Å². The summed E-state index contributed by atoms with van der Waals surface area (Å²) < 4.78 is 46.8. The molecule has 3 aromatic rings. The van der Waals surface area contributed by atoms with Gasteiger partial charge in [0.2, 0.25) is 11.8 Å². The van der Waals surface area contributed by atoms with Crippen LogP contribution in [0.5, 0.6) is 5.88 Å². The Morgan fingerprint density at radius 1 is 1.41 bits per heavy atom. The molecule has 1 aromatic carbocycles. The lowest BCUT2D eigenvalue weighted by molar-refractivity contribution is 0.0698. The summed E-state index contributed by atoms with van der Waals surface area (Å²) in [5, 5.41) is 11.8. The van der Waals surface area contributed by atoms with Gasteiger partial charge in [-0.15, -0.1) is 5.10 Å². The zero-order valence-electron chi connectivity index (χ0n) is 13.5. The van der Waals surface area contributed by atoms with Gasteiger partial charge in [-0.25, -0.2) is 4.79 Å². The van der Waals surface area contributed by atoms with E-state index in [1.54, 1.807) is 6.92 Å². The Balaban J connectivity index is 2.06. The topological polar surface area (TPSA) is 136 Å². The number of fused-ring (bicyclic) bond motifs is 1. The van der Waals surface area contributed by atoms with Crippen molar-refractivity contribution in [2.75, 3.05) is 11.3 Å². The first-order valence-corrected chi connectivity index (χ1v) is 9.19. The number of sulfonamides is 1. The smallest absolute Gasteiger partial charge is 0.337 e. The second-order valence-corrected chi connectivity index (χ2v) is 7.01.